The summed E-state index contributed by atoms with van der Waals surface area (Å²) < 4.78 is 5.67. The highest BCUT2D eigenvalue weighted by Gasteiger charge is 2.41. The number of para-hydroxylation sites is 1. The first-order valence-electron chi connectivity index (χ1n) is 9.36. The number of hydrogen-bond acceptors (Lipinski definition) is 6. The molecule has 4 rings (SSSR count). The summed E-state index contributed by atoms with van der Waals surface area (Å²) in [6.07, 6.45) is 1.20. The molecule has 11 heteroatoms. The third-order valence-corrected chi connectivity index (χ3v) is 5.49. The van der Waals surface area contributed by atoms with Crippen LogP contribution in [0.5, 0.6) is 0 Å². The molecule has 3 aromatic rings. The van der Waals surface area contributed by atoms with E-state index in [1.807, 2.05) is 0 Å². The number of rotatable bonds is 4. The number of halogens is 2. The summed E-state index contributed by atoms with van der Waals surface area (Å²) in [6.45, 7) is 0. The summed E-state index contributed by atoms with van der Waals surface area (Å²) in [5, 5.41) is 11.2. The van der Waals surface area contributed by atoms with Gasteiger partial charge in [0.2, 0.25) is 0 Å². The first kappa shape index (κ1) is 22.3. The largest absolute Gasteiger partial charge is 0.457 e. The van der Waals surface area contributed by atoms with Gasteiger partial charge < -0.3 is 4.42 Å². The quantitative estimate of drug-likeness (QED) is 0.218. The molecule has 0 spiro atoms. The Bertz CT molecular complexity index is 1350. The number of carbonyl (C=O) groups is 3. The Morgan fingerprint density at radius 1 is 0.970 bits per heavy atom. The van der Waals surface area contributed by atoms with Crippen molar-refractivity contribution in [2.24, 2.45) is 0 Å². The lowest BCUT2D eigenvalue weighted by atomic mass is 10.1. The summed E-state index contributed by atoms with van der Waals surface area (Å²) in [6, 6.07) is 12.7. The van der Waals surface area contributed by atoms with Crippen LogP contribution >= 0.6 is 23.2 Å². The molecule has 9 nitrogen and oxygen atoms in total. The number of nitro groups is 1. The third-order valence-electron chi connectivity index (χ3n) is 4.87. The lowest BCUT2D eigenvalue weighted by Crippen LogP contribution is -2.55. The molecule has 0 radical (unpaired) electrons. The number of benzene rings is 2. The van der Waals surface area contributed by atoms with Crippen molar-refractivity contribution in [1.29, 1.82) is 0 Å². The maximum absolute atomic E-state index is 13.0. The van der Waals surface area contributed by atoms with Gasteiger partial charge in [-0.15, -0.1) is 0 Å². The van der Waals surface area contributed by atoms with Gasteiger partial charge >= 0.3 is 6.03 Å². The highest BCUT2D eigenvalue weighted by molar-refractivity contribution is 6.39. The Balaban J connectivity index is 1.74. The van der Waals surface area contributed by atoms with Crippen molar-refractivity contribution in [3.63, 3.8) is 0 Å². The molecule has 166 valence electrons. The molecule has 0 bridgehead atoms. The van der Waals surface area contributed by atoms with Crippen molar-refractivity contribution in [3.8, 4) is 11.3 Å². The smallest absolute Gasteiger partial charge is 0.338 e. The second kappa shape index (κ2) is 8.53. The zero-order valence-electron chi connectivity index (χ0n) is 16.8. The van der Waals surface area contributed by atoms with Crippen LogP contribution in [-0.4, -0.2) is 34.7 Å². The third kappa shape index (κ3) is 3.99. The number of urea groups is 1. The fourth-order valence-electron chi connectivity index (χ4n) is 3.23. The molecule has 1 aliphatic heterocycles. The molecule has 0 saturated carbocycles. The number of nitrogens with zero attached hydrogens (tertiary/aromatic N) is 3. The number of barbiturate groups is 1. The highest BCUT2D eigenvalue weighted by atomic mass is 35.5. The molecule has 1 saturated heterocycles. The maximum Gasteiger partial charge on any atom is 0.338 e. The number of nitro benzene ring substituents is 1. The van der Waals surface area contributed by atoms with Crippen LogP contribution < -0.4 is 4.90 Å². The van der Waals surface area contributed by atoms with Gasteiger partial charge in [0.05, 0.1) is 15.6 Å². The Labute approximate surface area is 196 Å². The number of carbonyl (C=O) groups excluding carboxylic acids is 3. The van der Waals surface area contributed by atoms with E-state index in [0.717, 1.165) is 9.80 Å². The van der Waals surface area contributed by atoms with Crippen LogP contribution in [-0.2, 0) is 9.59 Å². The average Bonchev–Trinajstić information content (AvgIpc) is 3.24. The van der Waals surface area contributed by atoms with E-state index in [0.29, 0.717) is 5.69 Å². The van der Waals surface area contributed by atoms with Crippen LogP contribution in [0.1, 0.15) is 5.76 Å². The average molecular weight is 486 g/mol. The van der Waals surface area contributed by atoms with E-state index in [1.165, 1.54) is 37.4 Å². The first-order valence-corrected chi connectivity index (χ1v) is 10.1. The van der Waals surface area contributed by atoms with Crippen LogP contribution in [0.15, 0.2) is 64.6 Å². The fraction of sp³-hybridized carbons (Fsp3) is 0.0455. The van der Waals surface area contributed by atoms with Crippen molar-refractivity contribution in [1.82, 2.24) is 4.90 Å². The van der Waals surface area contributed by atoms with Gasteiger partial charge in [-0.3, -0.25) is 24.6 Å². The summed E-state index contributed by atoms with van der Waals surface area (Å²) in [7, 11) is 1.26. The number of likely N-dealkylation sites (N-methyl/N-ethyl adjacent to an activating group) is 1. The van der Waals surface area contributed by atoms with E-state index in [-0.39, 0.29) is 38.4 Å². The van der Waals surface area contributed by atoms with Crippen LogP contribution in [0.25, 0.3) is 17.4 Å². The second-order valence-corrected chi connectivity index (χ2v) is 7.74. The van der Waals surface area contributed by atoms with Crippen molar-refractivity contribution in [2.75, 3.05) is 11.9 Å². The number of hydrogen-bond donors (Lipinski definition) is 0. The minimum Gasteiger partial charge on any atom is -0.457 e. The van der Waals surface area contributed by atoms with Crippen LogP contribution in [0.2, 0.25) is 10.0 Å². The minimum atomic E-state index is -0.813. The van der Waals surface area contributed by atoms with Gasteiger partial charge in [-0.25, -0.2) is 9.69 Å². The molecule has 0 aliphatic carbocycles. The van der Waals surface area contributed by atoms with E-state index in [1.54, 1.807) is 30.3 Å². The van der Waals surface area contributed by atoms with Gasteiger partial charge in [-0.05, 0) is 36.4 Å². The van der Waals surface area contributed by atoms with E-state index in [2.05, 4.69) is 0 Å². The molecule has 0 atom stereocenters. The Morgan fingerprint density at radius 3 is 2.33 bits per heavy atom. The highest BCUT2D eigenvalue weighted by Crippen LogP contribution is 2.37. The molecule has 2 heterocycles. The Hall–Kier alpha value is -3.95. The minimum absolute atomic E-state index is 0.103. The molecule has 1 fully saturated rings. The summed E-state index contributed by atoms with van der Waals surface area (Å²) >= 11 is 12.0. The molecule has 1 aliphatic rings. The van der Waals surface area contributed by atoms with Gasteiger partial charge in [-0.1, -0.05) is 41.4 Å². The fourth-order valence-corrected chi connectivity index (χ4v) is 3.77. The standard InChI is InChI=1S/C22H13Cl2N3O6/c1-25-20(28)15(21(29)26(22(25)30)12-5-3-2-4-6-12)9-13-7-8-19(33-13)14-10-18(27(31)32)17(24)11-16(14)23/h2-11H,1H3/b15-9+. The molecule has 1 aromatic heterocycles. The number of anilines is 1. The first-order chi connectivity index (χ1) is 15.7. The predicted molar refractivity (Wildman–Crippen MR) is 121 cm³/mol. The van der Waals surface area contributed by atoms with Crippen LogP contribution in [0.4, 0.5) is 16.2 Å². The zero-order valence-corrected chi connectivity index (χ0v) is 18.3. The molecule has 4 amide bonds. The number of furan rings is 1. The SMILES string of the molecule is CN1C(=O)/C(=C\c2ccc(-c3cc([N+](=O)[O-])c(Cl)cc3Cl)o2)C(=O)N(c2ccccc2)C1=O. The Morgan fingerprint density at radius 2 is 1.67 bits per heavy atom. The lowest BCUT2D eigenvalue weighted by Gasteiger charge is -2.31. The molecular formula is C22H13Cl2N3O6. The maximum atomic E-state index is 13.0. The molecule has 0 unspecified atom stereocenters. The van der Waals surface area contributed by atoms with Gasteiger partial charge in [0.15, 0.2) is 0 Å². The zero-order chi connectivity index (χ0) is 23.9. The van der Waals surface area contributed by atoms with Gasteiger partial charge in [0.25, 0.3) is 17.5 Å². The van der Waals surface area contributed by atoms with Gasteiger partial charge in [-0.2, -0.15) is 0 Å². The normalized spacial score (nSPS) is 15.5. The van der Waals surface area contributed by atoms with E-state index < -0.39 is 22.8 Å². The van der Waals surface area contributed by atoms with Gasteiger partial charge in [0.1, 0.15) is 22.1 Å². The second-order valence-electron chi connectivity index (χ2n) is 6.92. The van der Waals surface area contributed by atoms with Crippen molar-refractivity contribution < 1.29 is 23.7 Å². The molecule has 2 aromatic carbocycles. The van der Waals surface area contributed by atoms with Crippen LogP contribution in [0.3, 0.4) is 0 Å². The number of imide groups is 2. The van der Waals surface area contributed by atoms with E-state index in [9.17, 15) is 24.5 Å². The van der Waals surface area contributed by atoms with E-state index >= 15 is 0 Å². The van der Waals surface area contributed by atoms with Crippen molar-refractivity contribution >= 4 is 58.5 Å². The van der Waals surface area contributed by atoms with Crippen LogP contribution in [0, 0.1) is 10.1 Å². The van der Waals surface area contributed by atoms with Crippen molar-refractivity contribution in [2.45, 2.75) is 0 Å². The lowest BCUT2D eigenvalue weighted by molar-refractivity contribution is -0.384. The van der Waals surface area contributed by atoms with Crippen molar-refractivity contribution in [3.05, 3.63) is 86.1 Å². The molecular weight excluding hydrogens is 473 g/mol. The van der Waals surface area contributed by atoms with Gasteiger partial charge in [0, 0.05) is 18.7 Å². The summed E-state index contributed by atoms with van der Waals surface area (Å²) in [5.74, 6) is -1.35. The topological polar surface area (TPSA) is 114 Å². The summed E-state index contributed by atoms with van der Waals surface area (Å²) in [4.78, 5) is 50.5. The summed E-state index contributed by atoms with van der Waals surface area (Å²) in [5.41, 5.74) is -0.145. The molecule has 33 heavy (non-hydrogen) atoms. The molecule has 0 N–H and O–H groups in total. The van der Waals surface area contributed by atoms with E-state index in [4.69, 9.17) is 27.6 Å². The monoisotopic (exact) mass is 485 g/mol. The Kier molecular flexibility index (Phi) is 5.75. The number of amides is 4. The predicted octanol–water partition coefficient (Wildman–Crippen LogP) is 5.17.